The van der Waals surface area contributed by atoms with Gasteiger partial charge < -0.3 is 19.5 Å². The zero-order valence-corrected chi connectivity index (χ0v) is 13.5. The van der Waals surface area contributed by atoms with Crippen molar-refractivity contribution in [1.82, 2.24) is 5.32 Å². The van der Waals surface area contributed by atoms with E-state index in [4.69, 9.17) is 14.2 Å². The summed E-state index contributed by atoms with van der Waals surface area (Å²) in [6, 6.07) is 7.91. The summed E-state index contributed by atoms with van der Waals surface area (Å²) >= 11 is 0. The molecule has 4 heteroatoms. The quantitative estimate of drug-likeness (QED) is 0.589. The lowest BCUT2D eigenvalue weighted by molar-refractivity contribution is 0.0440. The highest BCUT2D eigenvalue weighted by Gasteiger charge is 2.26. The van der Waals surface area contributed by atoms with E-state index >= 15 is 0 Å². The molecule has 0 radical (unpaired) electrons. The summed E-state index contributed by atoms with van der Waals surface area (Å²) in [5.41, 5.74) is 1.50. The molecule has 0 amide bonds. The molecule has 0 unspecified atom stereocenters. The molecule has 1 N–H and O–H groups in total. The number of nitrogens with one attached hydrogen (secondary N) is 1. The van der Waals surface area contributed by atoms with Gasteiger partial charge in [0.2, 0.25) is 0 Å². The molecule has 0 bridgehead atoms. The van der Waals surface area contributed by atoms with Crippen LogP contribution in [0, 0.1) is 0 Å². The van der Waals surface area contributed by atoms with Gasteiger partial charge in [-0.1, -0.05) is 18.7 Å². The van der Waals surface area contributed by atoms with E-state index in [0.29, 0.717) is 12.3 Å². The molecule has 0 aliphatic rings. The van der Waals surface area contributed by atoms with Crippen LogP contribution in [0.25, 0.3) is 0 Å². The standard InChI is InChI=1S/C17H25NO3/c1-7-15(20-5)16(17(2,3)21-6)18-12-13-8-10-14(19-4)11-9-13/h7-11,18H,1,12H2,2-6H3/b16-15-. The smallest absolute Gasteiger partial charge is 0.140 e. The molecule has 0 aliphatic carbocycles. The third-order valence-electron chi connectivity index (χ3n) is 3.39. The van der Waals surface area contributed by atoms with Gasteiger partial charge >= 0.3 is 0 Å². The van der Waals surface area contributed by atoms with E-state index in [1.165, 1.54) is 0 Å². The van der Waals surface area contributed by atoms with Gasteiger partial charge in [0.05, 0.1) is 19.9 Å². The van der Waals surface area contributed by atoms with Crippen LogP contribution in [0.15, 0.2) is 48.4 Å². The van der Waals surface area contributed by atoms with Crippen LogP contribution in [0.2, 0.25) is 0 Å². The predicted octanol–water partition coefficient (Wildman–Crippen LogP) is 3.25. The van der Waals surface area contributed by atoms with Crippen molar-refractivity contribution in [2.75, 3.05) is 21.3 Å². The van der Waals surface area contributed by atoms with Crippen LogP contribution in [0.1, 0.15) is 19.4 Å². The largest absolute Gasteiger partial charge is 0.497 e. The zero-order valence-electron chi connectivity index (χ0n) is 13.5. The van der Waals surface area contributed by atoms with Crippen LogP contribution in [0.5, 0.6) is 5.75 Å². The molecule has 0 saturated heterocycles. The van der Waals surface area contributed by atoms with Crippen molar-refractivity contribution in [3.05, 3.63) is 53.9 Å². The van der Waals surface area contributed by atoms with Crippen molar-refractivity contribution in [2.45, 2.75) is 26.0 Å². The Balaban J connectivity index is 2.92. The van der Waals surface area contributed by atoms with E-state index in [-0.39, 0.29) is 0 Å². The van der Waals surface area contributed by atoms with Crippen molar-refractivity contribution in [1.29, 1.82) is 0 Å². The van der Waals surface area contributed by atoms with E-state index in [2.05, 4.69) is 11.9 Å². The molecular weight excluding hydrogens is 266 g/mol. The van der Waals surface area contributed by atoms with Crippen LogP contribution in [0.3, 0.4) is 0 Å². The third kappa shape index (κ3) is 4.53. The average molecular weight is 291 g/mol. The van der Waals surface area contributed by atoms with Crippen LogP contribution >= 0.6 is 0 Å². The number of hydrogen-bond donors (Lipinski definition) is 1. The number of methoxy groups -OCH3 is 3. The fraction of sp³-hybridized carbons (Fsp3) is 0.412. The third-order valence-corrected chi connectivity index (χ3v) is 3.39. The minimum absolute atomic E-state index is 0.494. The van der Waals surface area contributed by atoms with Gasteiger partial charge in [-0.25, -0.2) is 0 Å². The molecule has 0 aromatic heterocycles. The van der Waals surface area contributed by atoms with Crippen LogP contribution < -0.4 is 10.1 Å². The Kier molecular flexibility index (Phi) is 6.31. The van der Waals surface area contributed by atoms with Gasteiger partial charge in [0.1, 0.15) is 17.1 Å². The maximum Gasteiger partial charge on any atom is 0.140 e. The maximum atomic E-state index is 5.54. The molecule has 1 aromatic carbocycles. The van der Waals surface area contributed by atoms with Crippen molar-refractivity contribution < 1.29 is 14.2 Å². The highest BCUT2D eigenvalue weighted by molar-refractivity contribution is 5.29. The molecule has 0 saturated carbocycles. The molecular formula is C17H25NO3. The lowest BCUT2D eigenvalue weighted by Crippen LogP contribution is -2.35. The highest BCUT2D eigenvalue weighted by Crippen LogP contribution is 2.22. The van der Waals surface area contributed by atoms with E-state index in [1.54, 1.807) is 27.4 Å². The van der Waals surface area contributed by atoms with Gasteiger partial charge in [0.25, 0.3) is 0 Å². The monoisotopic (exact) mass is 291 g/mol. The highest BCUT2D eigenvalue weighted by atomic mass is 16.5. The summed E-state index contributed by atoms with van der Waals surface area (Å²) in [5, 5.41) is 3.38. The lowest BCUT2D eigenvalue weighted by Gasteiger charge is -2.29. The van der Waals surface area contributed by atoms with Crippen LogP contribution in [-0.4, -0.2) is 26.9 Å². The summed E-state index contributed by atoms with van der Waals surface area (Å²) in [4.78, 5) is 0. The SMILES string of the molecule is C=C/C(OC)=C(/NCc1ccc(OC)cc1)C(C)(C)OC. The fourth-order valence-electron chi connectivity index (χ4n) is 1.92. The molecule has 0 aliphatic heterocycles. The Hall–Kier alpha value is -1.94. The van der Waals surface area contributed by atoms with Gasteiger partial charge in [-0.2, -0.15) is 0 Å². The Morgan fingerprint density at radius 2 is 1.81 bits per heavy atom. The Bertz CT molecular complexity index is 489. The van der Waals surface area contributed by atoms with Gasteiger partial charge in [0, 0.05) is 13.7 Å². The minimum atomic E-state index is -0.494. The molecule has 0 spiro atoms. The fourth-order valence-corrected chi connectivity index (χ4v) is 1.92. The molecule has 4 nitrogen and oxygen atoms in total. The number of allylic oxidation sites excluding steroid dienone is 1. The van der Waals surface area contributed by atoms with Gasteiger partial charge in [0.15, 0.2) is 0 Å². The van der Waals surface area contributed by atoms with Gasteiger partial charge in [-0.15, -0.1) is 0 Å². The maximum absolute atomic E-state index is 5.54. The van der Waals surface area contributed by atoms with Crippen molar-refractivity contribution in [3.8, 4) is 5.75 Å². The average Bonchev–Trinajstić information content (AvgIpc) is 2.51. The topological polar surface area (TPSA) is 39.7 Å². The second-order valence-electron chi connectivity index (χ2n) is 5.06. The van der Waals surface area contributed by atoms with Crippen molar-refractivity contribution >= 4 is 0 Å². The Labute approximate surface area is 127 Å². The Morgan fingerprint density at radius 1 is 1.19 bits per heavy atom. The van der Waals surface area contributed by atoms with Crippen LogP contribution in [-0.2, 0) is 16.0 Å². The van der Waals surface area contributed by atoms with Crippen LogP contribution in [0.4, 0.5) is 0 Å². The molecule has 0 fully saturated rings. The number of hydrogen-bond acceptors (Lipinski definition) is 4. The zero-order chi connectivity index (χ0) is 15.9. The molecule has 0 atom stereocenters. The molecule has 116 valence electrons. The summed E-state index contributed by atoms with van der Waals surface area (Å²) in [7, 11) is 4.95. The number of benzene rings is 1. The van der Waals surface area contributed by atoms with E-state index in [1.807, 2.05) is 38.1 Å². The summed E-state index contributed by atoms with van der Waals surface area (Å²) in [6.45, 7) is 8.40. The van der Waals surface area contributed by atoms with Gasteiger partial charge in [-0.3, -0.25) is 0 Å². The first-order chi connectivity index (χ1) is 9.98. The molecule has 0 heterocycles. The van der Waals surface area contributed by atoms with E-state index < -0.39 is 5.60 Å². The lowest BCUT2D eigenvalue weighted by atomic mass is 10.0. The summed E-state index contributed by atoms with van der Waals surface area (Å²) in [5.74, 6) is 1.52. The minimum Gasteiger partial charge on any atom is -0.497 e. The summed E-state index contributed by atoms with van der Waals surface area (Å²) in [6.07, 6.45) is 1.68. The second kappa shape index (κ2) is 7.74. The first-order valence-corrected chi connectivity index (χ1v) is 6.81. The van der Waals surface area contributed by atoms with E-state index in [0.717, 1.165) is 17.0 Å². The molecule has 1 rings (SSSR count). The summed E-state index contributed by atoms with van der Waals surface area (Å²) < 4.78 is 16.1. The Morgan fingerprint density at radius 3 is 2.24 bits per heavy atom. The normalized spacial score (nSPS) is 12.4. The number of rotatable bonds is 8. The van der Waals surface area contributed by atoms with E-state index in [9.17, 15) is 0 Å². The second-order valence-corrected chi connectivity index (χ2v) is 5.06. The first kappa shape index (κ1) is 17.1. The number of ether oxygens (including phenoxy) is 3. The van der Waals surface area contributed by atoms with Crippen molar-refractivity contribution in [3.63, 3.8) is 0 Å². The molecule has 21 heavy (non-hydrogen) atoms. The van der Waals surface area contributed by atoms with Gasteiger partial charge in [-0.05, 0) is 37.6 Å². The predicted molar refractivity (Wildman–Crippen MR) is 85.2 cm³/mol. The first-order valence-electron chi connectivity index (χ1n) is 6.81. The van der Waals surface area contributed by atoms with Crippen molar-refractivity contribution in [2.24, 2.45) is 0 Å². The molecule has 1 aromatic rings.